The van der Waals surface area contributed by atoms with Crippen molar-refractivity contribution >= 4 is 11.9 Å². The summed E-state index contributed by atoms with van der Waals surface area (Å²) in [4.78, 5) is 26.2. The monoisotopic (exact) mass is 380 g/mol. The normalized spacial score (nSPS) is 21.0. The average Bonchev–Trinajstić information content (AvgIpc) is 3.04. The van der Waals surface area contributed by atoms with E-state index >= 15 is 0 Å². The van der Waals surface area contributed by atoms with Gasteiger partial charge in [-0.25, -0.2) is 9.97 Å². The summed E-state index contributed by atoms with van der Waals surface area (Å²) in [5, 5.41) is 9.40. The lowest BCUT2D eigenvalue weighted by atomic mass is 9.77. The van der Waals surface area contributed by atoms with Crippen molar-refractivity contribution in [3.63, 3.8) is 0 Å². The van der Waals surface area contributed by atoms with Gasteiger partial charge in [-0.1, -0.05) is 12.1 Å². The number of amides is 1. The maximum Gasteiger partial charge on any atom is 0.225 e. The highest BCUT2D eigenvalue weighted by Crippen LogP contribution is 2.44. The number of aromatic hydroxyl groups is 1. The Morgan fingerprint density at radius 3 is 2.79 bits per heavy atom. The lowest BCUT2D eigenvalue weighted by Gasteiger charge is -2.40. The molecular formula is C22H28N4O2. The molecule has 2 heterocycles. The van der Waals surface area contributed by atoms with E-state index in [2.05, 4.69) is 4.98 Å². The number of aryl methyl sites for hydroxylation is 2. The van der Waals surface area contributed by atoms with Gasteiger partial charge in [0.2, 0.25) is 11.9 Å². The summed E-state index contributed by atoms with van der Waals surface area (Å²) >= 11 is 0. The predicted octanol–water partition coefficient (Wildman–Crippen LogP) is 2.69. The third-order valence-corrected chi connectivity index (χ3v) is 6.12. The molecule has 28 heavy (non-hydrogen) atoms. The van der Waals surface area contributed by atoms with Crippen LogP contribution in [0.5, 0.6) is 5.75 Å². The number of phenolic OH excluding ortho intramolecular Hbond substituents is 1. The molecule has 6 nitrogen and oxygen atoms in total. The number of carbonyl (C=O) groups excluding carboxylic acids is 1. The SMILES string of the molecule is CN(C)c1ncc2c(n1)C1(CCCN(C(=O)CCc3ccc(O)cc3)C1)CC2. The highest BCUT2D eigenvalue weighted by atomic mass is 16.3. The van der Waals surface area contributed by atoms with Gasteiger partial charge in [0.05, 0.1) is 5.69 Å². The number of anilines is 1. The molecule has 148 valence electrons. The minimum Gasteiger partial charge on any atom is -0.508 e. The van der Waals surface area contributed by atoms with Gasteiger partial charge >= 0.3 is 0 Å². The van der Waals surface area contributed by atoms with Gasteiger partial charge in [0.1, 0.15) is 5.75 Å². The molecule has 1 unspecified atom stereocenters. The largest absolute Gasteiger partial charge is 0.508 e. The first kappa shape index (κ1) is 18.7. The van der Waals surface area contributed by atoms with Crippen LogP contribution in [0.25, 0.3) is 0 Å². The number of benzene rings is 1. The molecule has 1 aromatic carbocycles. The third-order valence-electron chi connectivity index (χ3n) is 6.12. The minimum atomic E-state index is -0.0184. The number of piperidine rings is 1. The van der Waals surface area contributed by atoms with Crippen LogP contribution in [0.15, 0.2) is 30.5 Å². The molecule has 1 saturated heterocycles. The van der Waals surface area contributed by atoms with Crippen LogP contribution in [0.2, 0.25) is 0 Å². The number of fused-ring (bicyclic) bond motifs is 2. The lowest BCUT2D eigenvalue weighted by Crippen LogP contribution is -2.48. The second-order valence-corrected chi connectivity index (χ2v) is 8.30. The quantitative estimate of drug-likeness (QED) is 0.883. The van der Waals surface area contributed by atoms with E-state index in [1.807, 2.05) is 42.2 Å². The molecule has 0 radical (unpaired) electrons. The molecule has 1 aromatic heterocycles. The zero-order valence-corrected chi connectivity index (χ0v) is 16.7. The summed E-state index contributed by atoms with van der Waals surface area (Å²) in [7, 11) is 3.92. The first-order valence-corrected chi connectivity index (χ1v) is 10.1. The molecule has 1 amide bonds. The van der Waals surface area contributed by atoms with E-state index in [0.717, 1.165) is 56.0 Å². The molecule has 6 heteroatoms. The first-order chi connectivity index (χ1) is 13.5. The zero-order valence-electron chi connectivity index (χ0n) is 16.7. The van der Waals surface area contributed by atoms with Crippen LogP contribution < -0.4 is 4.90 Å². The fourth-order valence-corrected chi connectivity index (χ4v) is 4.56. The first-order valence-electron chi connectivity index (χ1n) is 10.1. The molecule has 1 aliphatic heterocycles. The van der Waals surface area contributed by atoms with Crippen molar-refractivity contribution < 1.29 is 9.90 Å². The fraction of sp³-hybridized carbons (Fsp3) is 0.500. The number of carbonyl (C=O) groups is 1. The van der Waals surface area contributed by atoms with Gasteiger partial charge in [-0.2, -0.15) is 0 Å². The summed E-state index contributed by atoms with van der Waals surface area (Å²) in [6.07, 6.45) is 7.33. The molecule has 0 saturated carbocycles. The van der Waals surface area contributed by atoms with Crippen LogP contribution >= 0.6 is 0 Å². The molecule has 1 fully saturated rings. The Morgan fingerprint density at radius 2 is 2.04 bits per heavy atom. The van der Waals surface area contributed by atoms with Crippen molar-refractivity contribution in [1.82, 2.24) is 14.9 Å². The summed E-state index contributed by atoms with van der Waals surface area (Å²) in [6.45, 7) is 1.59. The van der Waals surface area contributed by atoms with E-state index in [1.165, 1.54) is 5.56 Å². The highest BCUT2D eigenvalue weighted by Gasteiger charge is 2.44. The Bertz CT molecular complexity index is 861. The van der Waals surface area contributed by atoms with Crippen LogP contribution in [-0.4, -0.2) is 53.1 Å². The third kappa shape index (κ3) is 3.55. The standard InChI is InChI=1S/C22H28N4O2/c1-25(2)21-23-14-17-10-12-22(20(17)24-21)11-3-13-26(15-22)19(28)9-6-16-4-7-18(27)8-5-16/h4-5,7-8,14,27H,3,6,9-13,15H2,1-2H3. The molecule has 2 aromatic rings. The molecule has 0 bridgehead atoms. The van der Waals surface area contributed by atoms with E-state index < -0.39 is 0 Å². The Hall–Kier alpha value is -2.63. The van der Waals surface area contributed by atoms with Crippen LogP contribution in [0.3, 0.4) is 0 Å². The average molecular weight is 380 g/mol. The minimum absolute atomic E-state index is 0.0184. The van der Waals surface area contributed by atoms with Gasteiger partial charge in [-0.05, 0) is 55.4 Å². The van der Waals surface area contributed by atoms with Crippen molar-refractivity contribution in [2.75, 3.05) is 32.1 Å². The number of aromatic nitrogens is 2. The number of nitrogens with zero attached hydrogens (tertiary/aromatic N) is 4. The van der Waals surface area contributed by atoms with E-state index in [1.54, 1.807) is 12.1 Å². The van der Waals surface area contributed by atoms with Crippen molar-refractivity contribution in [3.8, 4) is 5.75 Å². The zero-order chi connectivity index (χ0) is 19.7. The van der Waals surface area contributed by atoms with Crippen molar-refractivity contribution in [2.45, 2.75) is 43.9 Å². The van der Waals surface area contributed by atoms with Crippen LogP contribution in [0, 0.1) is 0 Å². The summed E-state index contributed by atoms with van der Waals surface area (Å²) in [5.74, 6) is 1.21. The highest BCUT2D eigenvalue weighted by molar-refractivity contribution is 5.76. The van der Waals surface area contributed by atoms with Gasteiger partial charge in [0, 0.05) is 45.2 Å². The van der Waals surface area contributed by atoms with Gasteiger partial charge in [0.25, 0.3) is 0 Å². The van der Waals surface area contributed by atoms with E-state index in [-0.39, 0.29) is 17.1 Å². The smallest absolute Gasteiger partial charge is 0.225 e. The van der Waals surface area contributed by atoms with Gasteiger partial charge in [-0.15, -0.1) is 0 Å². The summed E-state index contributed by atoms with van der Waals surface area (Å²) in [6, 6.07) is 7.11. The molecule has 4 rings (SSSR count). The van der Waals surface area contributed by atoms with Gasteiger partial charge in [0.15, 0.2) is 0 Å². The molecule has 1 N–H and O–H groups in total. The Morgan fingerprint density at radius 1 is 1.25 bits per heavy atom. The van der Waals surface area contributed by atoms with Crippen molar-refractivity contribution in [1.29, 1.82) is 0 Å². The van der Waals surface area contributed by atoms with Crippen LogP contribution in [0.1, 0.15) is 42.5 Å². The number of hydrogen-bond donors (Lipinski definition) is 1. The van der Waals surface area contributed by atoms with Gasteiger partial charge in [-0.3, -0.25) is 4.79 Å². The van der Waals surface area contributed by atoms with Crippen LogP contribution in [-0.2, 0) is 23.1 Å². The molecule has 1 atom stereocenters. The predicted molar refractivity (Wildman–Crippen MR) is 109 cm³/mol. The maximum atomic E-state index is 12.9. The molecular weight excluding hydrogens is 352 g/mol. The number of rotatable bonds is 4. The van der Waals surface area contributed by atoms with Crippen molar-refractivity contribution in [2.24, 2.45) is 0 Å². The summed E-state index contributed by atoms with van der Waals surface area (Å²) in [5.41, 5.74) is 3.45. The second-order valence-electron chi connectivity index (χ2n) is 8.30. The Labute approximate surface area is 166 Å². The lowest BCUT2D eigenvalue weighted by molar-refractivity contribution is -0.133. The topological polar surface area (TPSA) is 69.6 Å². The number of likely N-dealkylation sites (tertiary alicyclic amines) is 1. The van der Waals surface area contributed by atoms with Crippen LogP contribution in [0.4, 0.5) is 5.95 Å². The van der Waals surface area contributed by atoms with Gasteiger partial charge < -0.3 is 14.9 Å². The summed E-state index contributed by atoms with van der Waals surface area (Å²) < 4.78 is 0. The fourth-order valence-electron chi connectivity index (χ4n) is 4.56. The van der Waals surface area contributed by atoms with E-state index in [9.17, 15) is 9.90 Å². The molecule has 2 aliphatic rings. The number of phenols is 1. The molecule has 1 aliphatic carbocycles. The second kappa shape index (κ2) is 7.41. The van der Waals surface area contributed by atoms with E-state index in [0.29, 0.717) is 12.8 Å². The Balaban J connectivity index is 1.47. The Kier molecular flexibility index (Phi) is 4.96. The maximum absolute atomic E-state index is 12.9. The van der Waals surface area contributed by atoms with Crippen molar-refractivity contribution in [3.05, 3.63) is 47.3 Å². The van der Waals surface area contributed by atoms with E-state index in [4.69, 9.17) is 4.98 Å². The number of hydrogen-bond acceptors (Lipinski definition) is 5. The molecule has 1 spiro atoms.